The Morgan fingerprint density at radius 3 is 2.65 bits per heavy atom. The van der Waals surface area contributed by atoms with E-state index < -0.39 is 17.6 Å². The summed E-state index contributed by atoms with van der Waals surface area (Å²) in [5, 5.41) is 0. The van der Waals surface area contributed by atoms with Gasteiger partial charge in [0.25, 0.3) is 5.78 Å². The summed E-state index contributed by atoms with van der Waals surface area (Å²) >= 11 is 0. The average Bonchev–Trinajstić information content (AvgIpc) is 2.47. The van der Waals surface area contributed by atoms with Gasteiger partial charge >= 0.3 is 5.97 Å². The lowest BCUT2D eigenvalue weighted by Crippen LogP contribution is -2.36. The number of hydrogen-bond donors (Lipinski definition) is 0. The van der Waals surface area contributed by atoms with E-state index in [1.807, 2.05) is 4.90 Å². The zero-order chi connectivity index (χ0) is 14.5. The van der Waals surface area contributed by atoms with Gasteiger partial charge in [0.1, 0.15) is 5.82 Å². The molecule has 0 aliphatic carbocycles. The zero-order valence-electron chi connectivity index (χ0n) is 11.2. The van der Waals surface area contributed by atoms with Crippen LogP contribution in [-0.2, 0) is 14.3 Å². The van der Waals surface area contributed by atoms with E-state index in [1.165, 1.54) is 12.1 Å². The molecule has 1 heterocycles. The van der Waals surface area contributed by atoms with Gasteiger partial charge in [-0.1, -0.05) is 0 Å². The number of nitrogens with zero attached hydrogens (tertiary/aromatic N) is 1. The highest BCUT2D eigenvalue weighted by Gasteiger charge is 2.21. The van der Waals surface area contributed by atoms with E-state index in [4.69, 9.17) is 4.74 Å². The minimum Gasteiger partial charge on any atom is -0.460 e. The molecule has 0 radical (unpaired) electrons. The molecule has 1 aromatic carbocycles. The second-order valence-electron chi connectivity index (χ2n) is 4.32. The molecular weight excluding hydrogens is 265 g/mol. The van der Waals surface area contributed by atoms with Crippen molar-refractivity contribution in [3.05, 3.63) is 29.6 Å². The molecule has 2 rings (SSSR count). The number of carbonyl (C=O) groups excluding carboxylic acids is 2. The summed E-state index contributed by atoms with van der Waals surface area (Å²) in [6.07, 6.45) is 0. The SMILES string of the molecule is CCOC(=O)C(=O)c1ccc(N2CCOCC2)c(F)c1. The number of halogens is 1. The number of esters is 1. The molecule has 0 unspecified atom stereocenters. The van der Waals surface area contributed by atoms with Crippen LogP contribution in [0.3, 0.4) is 0 Å². The lowest BCUT2D eigenvalue weighted by Gasteiger charge is -2.29. The molecule has 1 aliphatic heterocycles. The predicted octanol–water partition coefficient (Wildman–Crippen LogP) is 1.41. The summed E-state index contributed by atoms with van der Waals surface area (Å²) in [6.45, 7) is 4.00. The molecule has 0 bridgehead atoms. The van der Waals surface area contributed by atoms with E-state index in [1.54, 1.807) is 6.92 Å². The van der Waals surface area contributed by atoms with Crippen molar-refractivity contribution in [2.45, 2.75) is 6.92 Å². The quantitative estimate of drug-likeness (QED) is 0.474. The number of morpholine rings is 1. The number of ether oxygens (including phenoxy) is 2. The summed E-state index contributed by atoms with van der Waals surface area (Å²) in [4.78, 5) is 24.9. The maximum absolute atomic E-state index is 14.1. The largest absolute Gasteiger partial charge is 0.460 e. The minimum atomic E-state index is -0.967. The third-order valence-corrected chi connectivity index (χ3v) is 3.02. The molecule has 0 N–H and O–H groups in total. The van der Waals surface area contributed by atoms with Crippen LogP contribution in [0.4, 0.5) is 10.1 Å². The molecule has 20 heavy (non-hydrogen) atoms. The summed E-state index contributed by atoms with van der Waals surface area (Å²) < 4.78 is 23.9. The molecule has 1 saturated heterocycles. The van der Waals surface area contributed by atoms with E-state index in [0.29, 0.717) is 32.0 Å². The first-order valence-corrected chi connectivity index (χ1v) is 6.47. The highest BCUT2D eigenvalue weighted by molar-refractivity contribution is 6.40. The van der Waals surface area contributed by atoms with E-state index in [0.717, 1.165) is 6.07 Å². The molecule has 0 saturated carbocycles. The third-order valence-electron chi connectivity index (χ3n) is 3.02. The fourth-order valence-electron chi connectivity index (χ4n) is 2.02. The molecule has 108 valence electrons. The monoisotopic (exact) mass is 281 g/mol. The first kappa shape index (κ1) is 14.5. The van der Waals surface area contributed by atoms with Crippen molar-refractivity contribution in [2.75, 3.05) is 37.8 Å². The van der Waals surface area contributed by atoms with Gasteiger partial charge in [-0.3, -0.25) is 4.79 Å². The van der Waals surface area contributed by atoms with Crippen LogP contribution < -0.4 is 4.90 Å². The molecule has 6 heteroatoms. The number of carbonyl (C=O) groups is 2. The van der Waals surface area contributed by atoms with Gasteiger partial charge in [-0.05, 0) is 25.1 Å². The lowest BCUT2D eigenvalue weighted by atomic mass is 10.1. The Hall–Kier alpha value is -1.95. The fraction of sp³-hybridized carbons (Fsp3) is 0.429. The minimum absolute atomic E-state index is 0.00189. The molecular formula is C14H16FNO4. The van der Waals surface area contributed by atoms with Crippen molar-refractivity contribution >= 4 is 17.4 Å². The number of hydrogen-bond acceptors (Lipinski definition) is 5. The van der Waals surface area contributed by atoms with E-state index in [2.05, 4.69) is 4.74 Å². The Bertz CT molecular complexity index is 512. The van der Waals surface area contributed by atoms with E-state index in [-0.39, 0.29) is 12.2 Å². The maximum atomic E-state index is 14.1. The van der Waals surface area contributed by atoms with Gasteiger partial charge in [0.05, 0.1) is 25.5 Å². The lowest BCUT2D eigenvalue weighted by molar-refractivity contribution is -0.137. The number of Topliss-reactive ketones (excluding diaryl/α,β-unsaturated/α-hetero) is 1. The zero-order valence-corrected chi connectivity index (χ0v) is 11.2. The van der Waals surface area contributed by atoms with Gasteiger partial charge in [0.2, 0.25) is 0 Å². The second kappa shape index (κ2) is 6.47. The van der Waals surface area contributed by atoms with Gasteiger partial charge in [-0.25, -0.2) is 9.18 Å². The number of rotatable bonds is 4. The van der Waals surface area contributed by atoms with Crippen LogP contribution in [0.25, 0.3) is 0 Å². The molecule has 0 spiro atoms. The number of ketones is 1. The molecule has 1 aliphatic rings. The van der Waals surface area contributed by atoms with Crippen molar-refractivity contribution in [2.24, 2.45) is 0 Å². The number of benzene rings is 1. The van der Waals surface area contributed by atoms with Crippen LogP contribution in [0.1, 0.15) is 17.3 Å². The van der Waals surface area contributed by atoms with Crippen LogP contribution in [0.2, 0.25) is 0 Å². The summed E-state index contributed by atoms with van der Waals surface area (Å²) in [5.74, 6) is -2.33. The molecule has 5 nitrogen and oxygen atoms in total. The first-order chi connectivity index (χ1) is 9.63. The second-order valence-corrected chi connectivity index (χ2v) is 4.32. The van der Waals surface area contributed by atoms with Crippen molar-refractivity contribution in [3.8, 4) is 0 Å². The van der Waals surface area contributed by atoms with Gasteiger partial charge in [-0.15, -0.1) is 0 Å². The molecule has 1 fully saturated rings. The summed E-state index contributed by atoms with van der Waals surface area (Å²) in [5.41, 5.74) is 0.409. The van der Waals surface area contributed by atoms with E-state index in [9.17, 15) is 14.0 Å². The van der Waals surface area contributed by atoms with Crippen molar-refractivity contribution in [3.63, 3.8) is 0 Å². The van der Waals surface area contributed by atoms with Crippen LogP contribution >= 0.6 is 0 Å². The molecule has 0 amide bonds. The van der Waals surface area contributed by atoms with Crippen molar-refractivity contribution in [1.82, 2.24) is 0 Å². The molecule has 0 aromatic heterocycles. The van der Waals surface area contributed by atoms with Crippen molar-refractivity contribution in [1.29, 1.82) is 0 Å². The fourth-order valence-corrected chi connectivity index (χ4v) is 2.02. The smallest absolute Gasteiger partial charge is 0.379 e. The predicted molar refractivity (Wildman–Crippen MR) is 70.4 cm³/mol. The number of anilines is 1. The van der Waals surface area contributed by atoms with E-state index >= 15 is 0 Å². The average molecular weight is 281 g/mol. The van der Waals surface area contributed by atoms with Gasteiger partial charge in [0, 0.05) is 18.7 Å². The first-order valence-electron chi connectivity index (χ1n) is 6.47. The Morgan fingerprint density at radius 1 is 1.35 bits per heavy atom. The Labute approximate surface area is 116 Å². The standard InChI is InChI=1S/C14H16FNO4/c1-2-20-14(18)13(17)10-3-4-12(11(15)9-10)16-5-7-19-8-6-16/h3-4,9H,2,5-8H2,1H3. The maximum Gasteiger partial charge on any atom is 0.379 e. The Morgan fingerprint density at radius 2 is 2.05 bits per heavy atom. The summed E-state index contributed by atoms with van der Waals surface area (Å²) in [7, 11) is 0. The third kappa shape index (κ3) is 3.14. The van der Waals surface area contributed by atoms with Crippen molar-refractivity contribution < 1.29 is 23.5 Å². The topological polar surface area (TPSA) is 55.8 Å². The Kier molecular flexibility index (Phi) is 4.68. The van der Waals surface area contributed by atoms with Gasteiger partial charge in [0.15, 0.2) is 0 Å². The summed E-state index contributed by atoms with van der Waals surface area (Å²) in [6, 6.07) is 4.02. The van der Waals surface area contributed by atoms with Crippen LogP contribution in [0.5, 0.6) is 0 Å². The Balaban J connectivity index is 2.16. The van der Waals surface area contributed by atoms with Gasteiger partial charge in [-0.2, -0.15) is 0 Å². The van der Waals surface area contributed by atoms with Crippen LogP contribution in [0.15, 0.2) is 18.2 Å². The van der Waals surface area contributed by atoms with Crippen LogP contribution in [0, 0.1) is 5.82 Å². The van der Waals surface area contributed by atoms with Crippen LogP contribution in [-0.4, -0.2) is 44.7 Å². The molecule has 0 atom stereocenters. The van der Waals surface area contributed by atoms with Gasteiger partial charge < -0.3 is 14.4 Å². The highest BCUT2D eigenvalue weighted by atomic mass is 19.1. The normalized spacial score (nSPS) is 15.0. The molecule has 1 aromatic rings. The highest BCUT2D eigenvalue weighted by Crippen LogP contribution is 2.22.